The van der Waals surface area contributed by atoms with E-state index in [0.29, 0.717) is 8.58 Å². The Hall–Kier alpha value is -2.43. The van der Waals surface area contributed by atoms with Crippen molar-refractivity contribution < 1.29 is 0 Å². The summed E-state index contributed by atoms with van der Waals surface area (Å²) in [6.07, 6.45) is 2.31. The second-order valence-electron chi connectivity index (χ2n) is 5.93. The third-order valence-corrected chi connectivity index (χ3v) is 5.72. The van der Waals surface area contributed by atoms with Crippen LogP contribution in [0.1, 0.15) is 5.56 Å². The predicted octanol–water partition coefficient (Wildman–Crippen LogP) is 5.95. The van der Waals surface area contributed by atoms with Crippen molar-refractivity contribution in [3.8, 4) is 11.1 Å². The van der Waals surface area contributed by atoms with Crippen molar-refractivity contribution in [2.24, 2.45) is 0 Å². The molecule has 0 spiro atoms. The molecule has 1 heteroatoms. The molecule has 23 heavy (non-hydrogen) atoms. The molecule has 0 N–H and O–H groups in total. The van der Waals surface area contributed by atoms with Gasteiger partial charge in [0, 0.05) is 0 Å². The highest BCUT2D eigenvalue weighted by Gasteiger charge is 2.16. The summed E-state index contributed by atoms with van der Waals surface area (Å²) in [5, 5.41) is 6.76. The summed E-state index contributed by atoms with van der Waals surface area (Å²) in [5.41, 5.74) is 4.12. The lowest BCUT2D eigenvalue weighted by atomic mass is 9.91. The summed E-state index contributed by atoms with van der Waals surface area (Å²) in [5.74, 6) is 2.33. The lowest BCUT2D eigenvalue weighted by Crippen LogP contribution is -2.00. The van der Waals surface area contributed by atoms with Crippen LogP contribution in [0.15, 0.2) is 78.6 Å². The number of rotatable bonds is 0. The highest BCUT2D eigenvalue weighted by Crippen LogP contribution is 2.39. The Balaban J connectivity index is 1.97. The first-order valence-corrected chi connectivity index (χ1v) is 8.96. The lowest BCUT2D eigenvalue weighted by molar-refractivity contribution is 1.68. The molecule has 0 saturated heterocycles. The van der Waals surface area contributed by atoms with Crippen LogP contribution in [0.3, 0.4) is 0 Å². The third kappa shape index (κ3) is 1.96. The molecule has 108 valence electrons. The van der Waals surface area contributed by atoms with E-state index < -0.39 is 0 Å². The van der Waals surface area contributed by atoms with Crippen molar-refractivity contribution in [3.63, 3.8) is 0 Å². The van der Waals surface area contributed by atoms with Crippen LogP contribution in [0.4, 0.5) is 0 Å². The first-order chi connectivity index (χ1) is 11.4. The molecule has 4 aromatic carbocycles. The van der Waals surface area contributed by atoms with Gasteiger partial charge in [0.2, 0.25) is 0 Å². The highest BCUT2D eigenvalue weighted by molar-refractivity contribution is 7.51. The molecule has 0 aliphatic carbocycles. The van der Waals surface area contributed by atoms with Gasteiger partial charge in [0.1, 0.15) is 0 Å². The van der Waals surface area contributed by atoms with E-state index in [1.165, 1.54) is 43.5 Å². The molecule has 0 amide bonds. The summed E-state index contributed by atoms with van der Waals surface area (Å²) >= 11 is 0. The van der Waals surface area contributed by atoms with Crippen LogP contribution < -0.4 is 5.30 Å². The summed E-state index contributed by atoms with van der Waals surface area (Å²) < 4.78 is 0. The monoisotopic (exact) mass is 310 g/mol. The highest BCUT2D eigenvalue weighted by atomic mass is 31.1. The van der Waals surface area contributed by atoms with E-state index in [1.54, 1.807) is 0 Å². The molecule has 1 unspecified atom stereocenters. The molecular formula is C22H15P. The molecule has 4 aromatic rings. The fourth-order valence-electron chi connectivity index (χ4n) is 3.59. The molecule has 0 radical (unpaired) electrons. The maximum Gasteiger partial charge on any atom is -0.00217 e. The standard InChI is InChI=1S/C22H15P/c1-3-7-17-15(5-1)9-11-20-19(17)13-14-23-21-12-10-16-6-2-4-8-18(16)22(20)21/h1-14,23H. The van der Waals surface area contributed by atoms with Crippen LogP contribution in [0, 0.1) is 0 Å². The summed E-state index contributed by atoms with van der Waals surface area (Å²) in [4.78, 5) is 0. The van der Waals surface area contributed by atoms with Gasteiger partial charge >= 0.3 is 0 Å². The van der Waals surface area contributed by atoms with E-state index in [1.807, 2.05) is 0 Å². The van der Waals surface area contributed by atoms with E-state index in [-0.39, 0.29) is 0 Å². The minimum Gasteiger partial charge on any atom is -0.0662 e. The maximum absolute atomic E-state index is 2.33. The molecule has 1 atom stereocenters. The zero-order valence-corrected chi connectivity index (χ0v) is 13.6. The maximum atomic E-state index is 2.33. The largest absolute Gasteiger partial charge is 0.0662 e. The Labute approximate surface area is 137 Å². The fraction of sp³-hybridized carbons (Fsp3) is 0. The Morgan fingerprint density at radius 1 is 0.609 bits per heavy atom. The molecule has 0 nitrogen and oxygen atoms in total. The molecule has 0 aromatic heterocycles. The molecule has 0 fully saturated rings. The van der Waals surface area contributed by atoms with Crippen LogP contribution in [0.5, 0.6) is 0 Å². The zero-order chi connectivity index (χ0) is 15.2. The summed E-state index contributed by atoms with van der Waals surface area (Å²) in [7, 11) is 0.716. The van der Waals surface area contributed by atoms with Gasteiger partial charge in [-0.15, -0.1) is 0 Å². The predicted molar refractivity (Wildman–Crippen MR) is 104 cm³/mol. The fourth-order valence-corrected chi connectivity index (χ4v) is 4.61. The van der Waals surface area contributed by atoms with Crippen molar-refractivity contribution in [1.29, 1.82) is 0 Å². The van der Waals surface area contributed by atoms with Gasteiger partial charge in [0.05, 0.1) is 0 Å². The van der Waals surface area contributed by atoms with Gasteiger partial charge < -0.3 is 0 Å². The van der Waals surface area contributed by atoms with Gasteiger partial charge in [0.25, 0.3) is 0 Å². The van der Waals surface area contributed by atoms with Crippen molar-refractivity contribution in [3.05, 3.63) is 84.2 Å². The molecule has 0 bridgehead atoms. The van der Waals surface area contributed by atoms with Gasteiger partial charge in [0.15, 0.2) is 0 Å². The van der Waals surface area contributed by atoms with Crippen LogP contribution in [0.25, 0.3) is 38.7 Å². The summed E-state index contributed by atoms with van der Waals surface area (Å²) in [6, 6.07) is 26.5. The SMILES string of the molecule is C1=Cc2c(ccc3ccccc23)-c2c(ccc3ccccc23)P1. The third-order valence-electron chi connectivity index (χ3n) is 4.66. The number of benzene rings is 4. The van der Waals surface area contributed by atoms with Crippen molar-refractivity contribution in [1.82, 2.24) is 0 Å². The number of hydrogen-bond acceptors (Lipinski definition) is 0. The normalized spacial score (nSPS) is 13.9. The first kappa shape index (κ1) is 13.0. The molecule has 5 rings (SSSR count). The molecule has 1 aliphatic rings. The van der Waals surface area contributed by atoms with Gasteiger partial charge in [-0.3, -0.25) is 0 Å². The quantitative estimate of drug-likeness (QED) is 0.352. The summed E-state index contributed by atoms with van der Waals surface area (Å²) in [6.45, 7) is 0. The Morgan fingerprint density at radius 3 is 2.17 bits per heavy atom. The Bertz CT molecular complexity index is 1090. The topological polar surface area (TPSA) is 0 Å². The van der Waals surface area contributed by atoms with Gasteiger partial charge in [-0.1, -0.05) is 93.3 Å². The average Bonchev–Trinajstić information content (AvgIpc) is 2.81. The van der Waals surface area contributed by atoms with E-state index in [4.69, 9.17) is 0 Å². The van der Waals surface area contributed by atoms with Crippen LogP contribution in [0.2, 0.25) is 0 Å². The van der Waals surface area contributed by atoms with Crippen LogP contribution in [-0.4, -0.2) is 0 Å². The molecular weight excluding hydrogens is 295 g/mol. The molecule has 1 aliphatic heterocycles. The van der Waals surface area contributed by atoms with E-state index in [2.05, 4.69) is 84.7 Å². The number of hydrogen-bond donors (Lipinski definition) is 0. The van der Waals surface area contributed by atoms with Crippen molar-refractivity contribution in [2.75, 3.05) is 0 Å². The van der Waals surface area contributed by atoms with Gasteiger partial charge in [-0.2, -0.15) is 0 Å². The van der Waals surface area contributed by atoms with Crippen molar-refractivity contribution in [2.45, 2.75) is 0 Å². The van der Waals surface area contributed by atoms with Crippen molar-refractivity contribution >= 4 is 41.5 Å². The van der Waals surface area contributed by atoms with E-state index in [9.17, 15) is 0 Å². The second-order valence-corrected chi connectivity index (χ2v) is 7.10. The molecule has 0 saturated carbocycles. The minimum absolute atomic E-state index is 0.716. The average molecular weight is 310 g/mol. The van der Waals surface area contributed by atoms with Crippen LogP contribution >= 0.6 is 8.58 Å². The van der Waals surface area contributed by atoms with Gasteiger partial charge in [-0.25, -0.2) is 0 Å². The number of fused-ring (bicyclic) bond motifs is 7. The second kappa shape index (κ2) is 5.05. The molecule has 1 heterocycles. The Morgan fingerprint density at radius 2 is 1.30 bits per heavy atom. The smallest absolute Gasteiger partial charge is 0.00217 e. The van der Waals surface area contributed by atoms with Gasteiger partial charge in [-0.05, 0) is 43.5 Å². The first-order valence-electron chi connectivity index (χ1n) is 7.89. The lowest BCUT2D eigenvalue weighted by Gasteiger charge is -2.14. The van der Waals surface area contributed by atoms with E-state index >= 15 is 0 Å². The van der Waals surface area contributed by atoms with E-state index in [0.717, 1.165) is 0 Å². The minimum atomic E-state index is 0.716. The Kier molecular flexibility index (Phi) is 2.86. The van der Waals surface area contributed by atoms with Crippen LogP contribution in [-0.2, 0) is 0 Å². The zero-order valence-electron chi connectivity index (χ0n) is 12.6.